The molecule has 0 spiro atoms. The highest BCUT2D eigenvalue weighted by Crippen LogP contribution is 2.19. The summed E-state index contributed by atoms with van der Waals surface area (Å²) in [6.45, 7) is 14.8. The first-order valence-electron chi connectivity index (χ1n) is 8.55. The Morgan fingerprint density at radius 1 is 0.478 bits per heavy atom. The van der Waals surface area contributed by atoms with Crippen molar-refractivity contribution in [3.8, 4) is 0 Å². The molecule has 0 fully saturated rings. The SMILES string of the molecule is CCO[Si](CCO[Si](OCC)(OCC)OCC)(OCC)OCC. The van der Waals surface area contributed by atoms with E-state index in [1.165, 1.54) is 0 Å². The highest BCUT2D eigenvalue weighted by molar-refractivity contribution is 6.61. The lowest BCUT2D eigenvalue weighted by molar-refractivity contribution is -0.0277. The Balaban J connectivity index is 4.82. The largest absolute Gasteiger partial charge is 0.679 e. The minimum atomic E-state index is -3.11. The molecule has 0 saturated heterocycles. The molecular weight excluding hydrogens is 336 g/mol. The fourth-order valence-electron chi connectivity index (χ4n) is 2.08. The zero-order valence-corrected chi connectivity index (χ0v) is 17.5. The quantitative estimate of drug-likeness (QED) is 0.387. The van der Waals surface area contributed by atoms with E-state index in [0.717, 1.165) is 0 Å². The van der Waals surface area contributed by atoms with Gasteiger partial charge in [0.25, 0.3) is 0 Å². The Hall–Kier alpha value is 0.154. The second-order valence-electron chi connectivity index (χ2n) is 4.38. The standard InChI is InChI=1S/C14H34O7Si2/c1-7-15-22(16-8-2,17-9-3)14-13-21-23(18-10-4,19-11-5)20-12-6/h7-14H2,1-6H3. The van der Waals surface area contributed by atoms with Crippen molar-refractivity contribution in [2.24, 2.45) is 0 Å². The van der Waals surface area contributed by atoms with E-state index in [1.54, 1.807) is 0 Å². The third kappa shape index (κ3) is 8.70. The summed E-state index contributed by atoms with van der Waals surface area (Å²) in [6.07, 6.45) is 0. The van der Waals surface area contributed by atoms with Gasteiger partial charge in [0, 0.05) is 52.3 Å². The van der Waals surface area contributed by atoms with Crippen LogP contribution in [0, 0.1) is 0 Å². The van der Waals surface area contributed by atoms with Gasteiger partial charge >= 0.3 is 17.9 Å². The Morgan fingerprint density at radius 3 is 1.13 bits per heavy atom. The maximum atomic E-state index is 5.91. The molecule has 7 nitrogen and oxygen atoms in total. The normalized spacial score (nSPS) is 12.8. The van der Waals surface area contributed by atoms with Crippen LogP contribution in [0.3, 0.4) is 0 Å². The third-order valence-corrected chi connectivity index (χ3v) is 8.23. The van der Waals surface area contributed by atoms with Crippen LogP contribution in [0.4, 0.5) is 0 Å². The molecule has 9 heteroatoms. The highest BCUT2D eigenvalue weighted by atomic mass is 28.4. The van der Waals surface area contributed by atoms with Crippen molar-refractivity contribution in [1.29, 1.82) is 0 Å². The minimum absolute atomic E-state index is 0.346. The van der Waals surface area contributed by atoms with E-state index in [9.17, 15) is 0 Å². The summed E-state index contributed by atoms with van der Waals surface area (Å²) in [7, 11) is -5.84. The third-order valence-electron chi connectivity index (χ3n) is 2.74. The molecule has 0 atom stereocenters. The molecule has 0 unspecified atom stereocenters. The average Bonchev–Trinajstić information content (AvgIpc) is 2.49. The van der Waals surface area contributed by atoms with Gasteiger partial charge in [0.1, 0.15) is 0 Å². The van der Waals surface area contributed by atoms with Crippen molar-refractivity contribution in [1.82, 2.24) is 0 Å². The summed E-state index contributed by atoms with van der Waals surface area (Å²) < 4.78 is 40.4. The summed E-state index contributed by atoms with van der Waals surface area (Å²) >= 11 is 0. The predicted octanol–water partition coefficient (Wildman–Crippen LogP) is 2.60. The Labute approximate surface area is 143 Å². The Bertz CT molecular complexity index is 222. The zero-order valence-electron chi connectivity index (χ0n) is 15.5. The van der Waals surface area contributed by atoms with Gasteiger partial charge in [-0.2, -0.15) is 0 Å². The predicted molar refractivity (Wildman–Crippen MR) is 92.0 cm³/mol. The van der Waals surface area contributed by atoms with Gasteiger partial charge in [-0.3, -0.25) is 0 Å². The minimum Gasteiger partial charge on any atom is -0.374 e. The molecule has 0 aliphatic rings. The van der Waals surface area contributed by atoms with Gasteiger partial charge in [0.05, 0.1) is 0 Å². The summed E-state index contributed by atoms with van der Waals surface area (Å²) in [5.41, 5.74) is 0. The molecule has 0 bridgehead atoms. The second kappa shape index (κ2) is 13.4. The van der Waals surface area contributed by atoms with Crippen LogP contribution >= 0.6 is 0 Å². The van der Waals surface area contributed by atoms with E-state index < -0.39 is 17.9 Å². The first-order valence-corrected chi connectivity index (χ1v) is 12.1. The molecule has 23 heavy (non-hydrogen) atoms. The smallest absolute Gasteiger partial charge is 0.374 e. The van der Waals surface area contributed by atoms with Crippen LogP contribution in [-0.4, -0.2) is 64.1 Å². The topological polar surface area (TPSA) is 64.6 Å². The lowest BCUT2D eigenvalue weighted by Crippen LogP contribution is -2.52. The van der Waals surface area contributed by atoms with Gasteiger partial charge in [0.2, 0.25) is 0 Å². The van der Waals surface area contributed by atoms with Gasteiger partial charge in [-0.15, -0.1) is 0 Å². The van der Waals surface area contributed by atoms with Crippen molar-refractivity contribution in [2.75, 3.05) is 46.2 Å². The van der Waals surface area contributed by atoms with Gasteiger partial charge in [0.15, 0.2) is 0 Å². The van der Waals surface area contributed by atoms with Crippen LogP contribution in [0.5, 0.6) is 0 Å². The van der Waals surface area contributed by atoms with Crippen molar-refractivity contribution >= 4 is 17.9 Å². The van der Waals surface area contributed by atoms with Gasteiger partial charge in [-0.05, 0) is 41.5 Å². The molecule has 0 aromatic carbocycles. The van der Waals surface area contributed by atoms with Crippen LogP contribution < -0.4 is 0 Å². The van der Waals surface area contributed by atoms with Crippen LogP contribution in [0.25, 0.3) is 0 Å². The summed E-state index contributed by atoms with van der Waals surface area (Å²) in [5, 5.41) is 0. The number of rotatable bonds is 16. The molecule has 0 radical (unpaired) electrons. The molecule has 0 aromatic rings. The molecule has 0 N–H and O–H groups in total. The summed E-state index contributed by atoms with van der Waals surface area (Å²) in [5.74, 6) is 0. The zero-order chi connectivity index (χ0) is 17.6. The molecule has 0 saturated carbocycles. The Kier molecular flexibility index (Phi) is 13.5. The lowest BCUT2D eigenvalue weighted by Gasteiger charge is -2.31. The summed E-state index contributed by atoms with van der Waals surface area (Å²) in [4.78, 5) is 0. The maximum absolute atomic E-state index is 5.91. The van der Waals surface area contributed by atoms with E-state index in [1.807, 2.05) is 41.5 Å². The van der Waals surface area contributed by atoms with E-state index in [2.05, 4.69) is 0 Å². The molecule has 0 aromatic heterocycles. The van der Waals surface area contributed by atoms with Gasteiger partial charge in [-0.25, -0.2) is 0 Å². The first-order chi connectivity index (χ1) is 11.1. The summed E-state index contributed by atoms with van der Waals surface area (Å²) in [6, 6.07) is 0.532. The molecule has 0 rings (SSSR count). The van der Waals surface area contributed by atoms with Crippen molar-refractivity contribution in [2.45, 2.75) is 47.6 Å². The van der Waals surface area contributed by atoms with E-state index >= 15 is 0 Å². The van der Waals surface area contributed by atoms with Crippen molar-refractivity contribution < 1.29 is 31.0 Å². The average molecular weight is 371 g/mol. The monoisotopic (exact) mass is 370 g/mol. The fraction of sp³-hybridized carbons (Fsp3) is 1.00. The van der Waals surface area contributed by atoms with E-state index in [0.29, 0.717) is 52.3 Å². The molecule has 0 amide bonds. The molecule has 0 aliphatic carbocycles. The maximum Gasteiger partial charge on any atom is 0.679 e. The highest BCUT2D eigenvalue weighted by Gasteiger charge is 2.47. The van der Waals surface area contributed by atoms with Gasteiger partial charge < -0.3 is 31.0 Å². The molecule has 0 heterocycles. The number of hydrogen-bond acceptors (Lipinski definition) is 7. The van der Waals surface area contributed by atoms with E-state index in [-0.39, 0.29) is 0 Å². The van der Waals surface area contributed by atoms with Crippen molar-refractivity contribution in [3.63, 3.8) is 0 Å². The molecule has 0 aliphatic heterocycles. The number of hydrogen-bond donors (Lipinski definition) is 0. The molecular formula is C14H34O7Si2. The lowest BCUT2D eigenvalue weighted by atomic mass is 10.9. The second-order valence-corrected chi connectivity index (χ2v) is 9.27. The van der Waals surface area contributed by atoms with Crippen LogP contribution in [-0.2, 0) is 31.0 Å². The first kappa shape index (κ1) is 23.2. The van der Waals surface area contributed by atoms with Crippen LogP contribution in [0.15, 0.2) is 0 Å². The fourth-order valence-corrected chi connectivity index (χ4v) is 6.55. The molecule has 140 valence electrons. The van der Waals surface area contributed by atoms with E-state index in [4.69, 9.17) is 31.0 Å². The van der Waals surface area contributed by atoms with Gasteiger partial charge in [-0.1, -0.05) is 0 Å². The van der Waals surface area contributed by atoms with Crippen LogP contribution in [0.1, 0.15) is 41.5 Å². The Morgan fingerprint density at radius 2 is 0.826 bits per heavy atom. The van der Waals surface area contributed by atoms with Crippen LogP contribution in [0.2, 0.25) is 6.04 Å². The van der Waals surface area contributed by atoms with Crippen molar-refractivity contribution in [3.05, 3.63) is 0 Å².